The number of halogens is 3. The van der Waals surface area contributed by atoms with Crippen LogP contribution in [0, 0.1) is 12.3 Å². The SMILES string of the molecule is CB(OC(C)(C)C(C)(C)C)c1ccc(C)c(OC(F)(F)F)c1. The van der Waals surface area contributed by atoms with E-state index in [0.717, 1.165) is 0 Å². The molecule has 0 amide bonds. The van der Waals surface area contributed by atoms with Crippen molar-refractivity contribution in [1.29, 1.82) is 0 Å². The highest BCUT2D eigenvalue weighted by atomic mass is 19.4. The average molecular weight is 316 g/mol. The van der Waals surface area contributed by atoms with Crippen LogP contribution in [0.25, 0.3) is 0 Å². The average Bonchev–Trinajstić information content (AvgIpc) is 2.28. The number of ether oxygens (including phenoxy) is 1. The van der Waals surface area contributed by atoms with Crippen LogP contribution in [0.15, 0.2) is 18.2 Å². The van der Waals surface area contributed by atoms with E-state index in [0.29, 0.717) is 11.0 Å². The van der Waals surface area contributed by atoms with Gasteiger partial charge in [0.15, 0.2) is 0 Å². The van der Waals surface area contributed by atoms with Crippen LogP contribution in [-0.2, 0) is 4.65 Å². The molecule has 0 aliphatic rings. The fourth-order valence-electron chi connectivity index (χ4n) is 1.79. The van der Waals surface area contributed by atoms with Gasteiger partial charge in [-0.1, -0.05) is 39.7 Å². The van der Waals surface area contributed by atoms with E-state index in [1.54, 1.807) is 19.1 Å². The van der Waals surface area contributed by atoms with Gasteiger partial charge in [0.25, 0.3) is 0 Å². The van der Waals surface area contributed by atoms with Crippen LogP contribution in [0.5, 0.6) is 5.75 Å². The third-order valence-corrected chi connectivity index (χ3v) is 4.18. The number of benzene rings is 1. The van der Waals surface area contributed by atoms with Crippen molar-refractivity contribution in [2.45, 2.75) is 60.3 Å². The Bertz CT molecular complexity index is 519. The molecule has 0 aliphatic carbocycles. The molecule has 0 atom stereocenters. The van der Waals surface area contributed by atoms with Crippen molar-refractivity contribution in [3.8, 4) is 5.75 Å². The maximum atomic E-state index is 12.4. The van der Waals surface area contributed by atoms with E-state index >= 15 is 0 Å². The first-order chi connectivity index (χ1) is 9.73. The lowest BCUT2D eigenvalue weighted by Crippen LogP contribution is -2.47. The molecule has 22 heavy (non-hydrogen) atoms. The first-order valence-corrected chi connectivity index (χ1v) is 7.27. The summed E-state index contributed by atoms with van der Waals surface area (Å²) in [5, 5.41) is 0. The zero-order valence-electron chi connectivity index (χ0n) is 14.3. The van der Waals surface area contributed by atoms with Gasteiger partial charge in [0.05, 0.1) is 5.60 Å². The van der Waals surface area contributed by atoms with Crippen LogP contribution in [-0.4, -0.2) is 18.9 Å². The van der Waals surface area contributed by atoms with Gasteiger partial charge in [-0.25, -0.2) is 0 Å². The molecule has 0 aromatic heterocycles. The molecule has 0 heterocycles. The van der Waals surface area contributed by atoms with Crippen molar-refractivity contribution in [2.24, 2.45) is 5.41 Å². The number of hydrogen-bond donors (Lipinski definition) is 0. The Balaban J connectivity index is 3.00. The molecule has 1 rings (SSSR count). The molecule has 2 nitrogen and oxygen atoms in total. The molecular weight excluding hydrogens is 292 g/mol. The van der Waals surface area contributed by atoms with Gasteiger partial charge in [0.2, 0.25) is 0 Å². The minimum atomic E-state index is -4.70. The summed E-state index contributed by atoms with van der Waals surface area (Å²) in [4.78, 5) is 0. The van der Waals surface area contributed by atoms with E-state index in [9.17, 15) is 13.2 Å². The largest absolute Gasteiger partial charge is 0.573 e. The summed E-state index contributed by atoms with van der Waals surface area (Å²) in [5.74, 6) is -0.186. The Morgan fingerprint density at radius 3 is 2.00 bits per heavy atom. The lowest BCUT2D eigenvalue weighted by atomic mass is 9.61. The second-order valence-corrected chi connectivity index (χ2v) is 7.09. The van der Waals surface area contributed by atoms with Crippen LogP contribution < -0.4 is 10.2 Å². The van der Waals surface area contributed by atoms with Gasteiger partial charge in [-0.2, -0.15) is 0 Å². The summed E-state index contributed by atoms with van der Waals surface area (Å²) in [7, 11) is 0. The van der Waals surface area contributed by atoms with Gasteiger partial charge in [-0.05, 0) is 43.3 Å². The highest BCUT2D eigenvalue weighted by Gasteiger charge is 2.36. The summed E-state index contributed by atoms with van der Waals surface area (Å²) >= 11 is 0. The summed E-state index contributed by atoms with van der Waals surface area (Å²) in [5.41, 5.74) is 0.560. The standard InChI is InChI=1S/C16H24BF3O2/c1-11-8-9-12(10-13(11)21-16(18,19)20)17(7)22-15(5,6)14(2,3)4/h8-10H,1-7H3. The van der Waals surface area contributed by atoms with Crippen molar-refractivity contribution >= 4 is 12.4 Å². The van der Waals surface area contributed by atoms with E-state index in [-0.39, 0.29) is 18.1 Å². The first-order valence-electron chi connectivity index (χ1n) is 7.27. The first kappa shape index (κ1) is 18.9. The third-order valence-electron chi connectivity index (χ3n) is 4.18. The molecule has 6 heteroatoms. The second-order valence-electron chi connectivity index (χ2n) is 7.09. The molecule has 0 N–H and O–H groups in total. The molecule has 0 saturated heterocycles. The lowest BCUT2D eigenvalue weighted by Gasteiger charge is -2.40. The maximum Gasteiger partial charge on any atom is 0.573 e. The van der Waals surface area contributed by atoms with Gasteiger partial charge in [0.1, 0.15) is 5.75 Å². The van der Waals surface area contributed by atoms with Gasteiger partial charge < -0.3 is 9.39 Å². The highest BCUT2D eigenvalue weighted by molar-refractivity contribution is 6.66. The topological polar surface area (TPSA) is 18.5 Å². The summed E-state index contributed by atoms with van der Waals surface area (Å²) in [6, 6.07) is 4.77. The van der Waals surface area contributed by atoms with Crippen molar-refractivity contribution < 1.29 is 22.6 Å². The normalized spacial score (nSPS) is 13.2. The lowest BCUT2D eigenvalue weighted by molar-refractivity contribution is -0.274. The van der Waals surface area contributed by atoms with Gasteiger partial charge in [-0.3, -0.25) is 0 Å². The fraction of sp³-hybridized carbons (Fsp3) is 0.625. The number of hydrogen-bond acceptors (Lipinski definition) is 2. The molecule has 0 bridgehead atoms. The Hall–Kier alpha value is -1.17. The summed E-state index contributed by atoms with van der Waals surface area (Å²) in [6.45, 7) is 13.2. The van der Waals surface area contributed by atoms with E-state index in [4.69, 9.17) is 4.65 Å². The van der Waals surface area contributed by atoms with Gasteiger partial charge in [0, 0.05) is 0 Å². The zero-order valence-corrected chi connectivity index (χ0v) is 14.3. The second kappa shape index (κ2) is 6.15. The maximum absolute atomic E-state index is 12.4. The molecule has 0 unspecified atom stereocenters. The minimum Gasteiger partial charge on any atom is -0.426 e. The van der Waals surface area contributed by atoms with Gasteiger partial charge >= 0.3 is 13.3 Å². The molecule has 124 valence electrons. The summed E-state index contributed by atoms with van der Waals surface area (Å²) < 4.78 is 47.4. The van der Waals surface area contributed by atoms with E-state index in [2.05, 4.69) is 25.5 Å². The Labute approximate surface area is 131 Å². The van der Waals surface area contributed by atoms with E-state index in [1.165, 1.54) is 6.07 Å². The van der Waals surface area contributed by atoms with Crippen LogP contribution in [0.1, 0.15) is 40.2 Å². The minimum absolute atomic E-state index is 0.0999. The molecule has 0 radical (unpaired) electrons. The zero-order chi connectivity index (χ0) is 17.3. The Morgan fingerprint density at radius 1 is 1.00 bits per heavy atom. The predicted octanol–water partition coefficient (Wildman–Crippen LogP) is 4.56. The molecule has 1 aromatic carbocycles. The summed E-state index contributed by atoms with van der Waals surface area (Å²) in [6.07, 6.45) is -4.70. The van der Waals surface area contributed by atoms with Crippen LogP contribution >= 0.6 is 0 Å². The smallest absolute Gasteiger partial charge is 0.426 e. The number of rotatable bonds is 4. The molecular formula is C16H24BF3O2. The van der Waals surface area contributed by atoms with Crippen LogP contribution in [0.2, 0.25) is 6.82 Å². The third kappa shape index (κ3) is 4.94. The molecule has 0 spiro atoms. The Kier molecular flexibility index (Phi) is 5.28. The van der Waals surface area contributed by atoms with Crippen molar-refractivity contribution in [2.75, 3.05) is 0 Å². The monoisotopic (exact) mass is 316 g/mol. The van der Waals surface area contributed by atoms with Crippen LogP contribution in [0.4, 0.5) is 13.2 Å². The van der Waals surface area contributed by atoms with Crippen molar-refractivity contribution in [3.63, 3.8) is 0 Å². The van der Waals surface area contributed by atoms with Crippen LogP contribution in [0.3, 0.4) is 0 Å². The highest BCUT2D eigenvalue weighted by Crippen LogP contribution is 2.33. The molecule has 0 fully saturated rings. The number of aryl methyl sites for hydroxylation is 1. The van der Waals surface area contributed by atoms with E-state index < -0.39 is 12.0 Å². The molecule has 0 aliphatic heterocycles. The molecule has 0 saturated carbocycles. The molecule has 1 aromatic rings. The van der Waals surface area contributed by atoms with Gasteiger partial charge in [-0.15, -0.1) is 13.2 Å². The van der Waals surface area contributed by atoms with Crippen molar-refractivity contribution in [1.82, 2.24) is 0 Å². The Morgan fingerprint density at radius 2 is 1.55 bits per heavy atom. The van der Waals surface area contributed by atoms with Crippen molar-refractivity contribution in [3.05, 3.63) is 23.8 Å². The quantitative estimate of drug-likeness (QED) is 0.758. The fourth-order valence-corrected chi connectivity index (χ4v) is 1.79. The number of alkyl halides is 3. The predicted molar refractivity (Wildman–Crippen MR) is 83.7 cm³/mol. The van der Waals surface area contributed by atoms with E-state index in [1.807, 2.05) is 20.7 Å².